The summed E-state index contributed by atoms with van der Waals surface area (Å²) in [5.41, 5.74) is 7.00. The molecule has 0 saturated carbocycles. The molecule has 12 heteroatoms. The van der Waals surface area contributed by atoms with E-state index in [-0.39, 0.29) is 18.4 Å². The van der Waals surface area contributed by atoms with Gasteiger partial charge in [0.15, 0.2) is 11.5 Å². The fourth-order valence-corrected chi connectivity index (χ4v) is 4.40. The molecule has 12 nitrogen and oxygen atoms in total. The topological polar surface area (TPSA) is 139 Å². The van der Waals surface area contributed by atoms with E-state index < -0.39 is 5.92 Å². The van der Waals surface area contributed by atoms with Crippen molar-refractivity contribution in [2.75, 3.05) is 66.2 Å². The minimum absolute atomic E-state index is 0.175. The third-order valence-electron chi connectivity index (χ3n) is 6.24. The normalized spacial score (nSPS) is 21.5. The molecule has 0 radical (unpaired) electrons. The average Bonchev–Trinajstić information content (AvgIpc) is 3.38. The Morgan fingerprint density at radius 1 is 1.26 bits per heavy atom. The number of amides is 1. The summed E-state index contributed by atoms with van der Waals surface area (Å²) in [4.78, 5) is 34.6. The van der Waals surface area contributed by atoms with Gasteiger partial charge in [-0.1, -0.05) is 0 Å². The van der Waals surface area contributed by atoms with Gasteiger partial charge in [-0.25, -0.2) is 9.98 Å². The van der Waals surface area contributed by atoms with Gasteiger partial charge >= 0.3 is 0 Å². The molecule has 1 aromatic carbocycles. The first-order valence-electron chi connectivity index (χ1n) is 11.8. The molecular weight excluding hydrogens is 452 g/mol. The summed E-state index contributed by atoms with van der Waals surface area (Å²) in [5.74, 6) is 1.68. The number of nitrogens with zero attached hydrogens (tertiary/aromatic N) is 6. The van der Waals surface area contributed by atoms with Crippen molar-refractivity contribution in [1.82, 2.24) is 15.1 Å². The second-order valence-corrected chi connectivity index (χ2v) is 8.51. The highest BCUT2D eigenvalue weighted by Crippen LogP contribution is 2.43. The molecule has 0 spiro atoms. The molecule has 1 fully saturated rings. The van der Waals surface area contributed by atoms with Crippen LogP contribution in [0.2, 0.25) is 0 Å². The lowest BCUT2D eigenvalue weighted by molar-refractivity contribution is -0.121. The third-order valence-corrected chi connectivity index (χ3v) is 6.24. The minimum Gasteiger partial charge on any atom is -0.491 e. The van der Waals surface area contributed by atoms with E-state index >= 15 is 0 Å². The number of morpholine rings is 1. The van der Waals surface area contributed by atoms with Crippen molar-refractivity contribution in [2.45, 2.75) is 6.42 Å². The van der Waals surface area contributed by atoms with Crippen LogP contribution < -0.4 is 20.5 Å². The number of hydrogen-bond donors (Lipinski definition) is 2. The lowest BCUT2D eigenvalue weighted by Gasteiger charge is -2.29. The van der Waals surface area contributed by atoms with Crippen molar-refractivity contribution in [2.24, 2.45) is 31.6 Å². The first kappa shape index (κ1) is 23.2. The van der Waals surface area contributed by atoms with Crippen LogP contribution in [0, 0.1) is 5.92 Å². The fraction of sp³-hybridized carbons (Fsp3) is 0.522. The summed E-state index contributed by atoms with van der Waals surface area (Å²) < 4.78 is 17.2. The van der Waals surface area contributed by atoms with Crippen LogP contribution in [0.5, 0.6) is 11.5 Å². The van der Waals surface area contributed by atoms with Gasteiger partial charge in [-0.05, 0) is 18.6 Å². The van der Waals surface area contributed by atoms with Gasteiger partial charge in [0.05, 0.1) is 45.9 Å². The highest BCUT2D eigenvalue weighted by molar-refractivity contribution is 6.19. The second kappa shape index (κ2) is 10.4. The first-order chi connectivity index (χ1) is 17.1. The van der Waals surface area contributed by atoms with Crippen molar-refractivity contribution in [3.63, 3.8) is 0 Å². The van der Waals surface area contributed by atoms with Gasteiger partial charge in [-0.2, -0.15) is 0 Å². The van der Waals surface area contributed by atoms with Crippen LogP contribution in [-0.2, 0) is 9.53 Å². The van der Waals surface area contributed by atoms with E-state index in [9.17, 15) is 4.79 Å². The van der Waals surface area contributed by atoms with E-state index in [0.717, 1.165) is 50.7 Å². The molecule has 0 aliphatic carbocycles. The number of carbonyl (C=O) groups is 1. The number of guanidine groups is 2. The summed E-state index contributed by atoms with van der Waals surface area (Å²) in [6.07, 6.45) is 2.40. The number of nitrogens with one attached hydrogen (secondary N) is 1. The molecular formula is C23H30N8O4. The number of ether oxygens (including phenoxy) is 3. The van der Waals surface area contributed by atoms with Gasteiger partial charge in [0.2, 0.25) is 17.8 Å². The maximum Gasteiger partial charge on any atom is 0.237 e. The number of fused-ring (bicyclic) bond motifs is 3. The van der Waals surface area contributed by atoms with Crippen LogP contribution in [0.3, 0.4) is 0 Å². The summed E-state index contributed by atoms with van der Waals surface area (Å²) in [5, 5.41) is 2.92. The zero-order valence-corrected chi connectivity index (χ0v) is 19.8. The lowest BCUT2D eigenvalue weighted by atomic mass is 10.1. The Kier molecular flexibility index (Phi) is 6.91. The van der Waals surface area contributed by atoms with Crippen LogP contribution in [0.25, 0.3) is 0 Å². The van der Waals surface area contributed by atoms with Crippen LogP contribution in [0.1, 0.15) is 12.0 Å². The maximum absolute atomic E-state index is 12.9. The number of rotatable bonds is 7. The molecule has 0 bridgehead atoms. The largest absolute Gasteiger partial charge is 0.491 e. The Hall–Kier alpha value is -3.51. The fourth-order valence-electron chi connectivity index (χ4n) is 4.40. The molecule has 1 unspecified atom stereocenters. The standard InChI is InChI=1S/C23H30N8O4/c1-33-19-17(35-10-2-6-30-8-11-34-12-9-30)4-3-16-18(19)28-23(31-7-5-25-20(16)31)29-21(32)15-13-26-22(24)27-14-15/h3-4,13,15H,2,5-12,14H2,1H3,(H2,24,27)(H,28,29,32). The molecule has 0 aromatic heterocycles. The Bertz CT molecular complexity index is 1090. The van der Waals surface area contributed by atoms with Crippen molar-refractivity contribution < 1.29 is 19.0 Å². The van der Waals surface area contributed by atoms with Crippen molar-refractivity contribution in [1.29, 1.82) is 0 Å². The zero-order chi connectivity index (χ0) is 24.2. The molecule has 1 saturated heterocycles. The molecule has 4 aliphatic heterocycles. The van der Waals surface area contributed by atoms with E-state index in [0.29, 0.717) is 42.8 Å². The van der Waals surface area contributed by atoms with Gasteiger partial charge in [-0.3, -0.25) is 29.9 Å². The molecule has 4 heterocycles. The third kappa shape index (κ3) is 4.98. The number of amidine groups is 1. The molecule has 35 heavy (non-hydrogen) atoms. The lowest BCUT2D eigenvalue weighted by Crippen LogP contribution is -2.50. The zero-order valence-electron chi connectivity index (χ0n) is 19.8. The van der Waals surface area contributed by atoms with E-state index in [1.54, 1.807) is 7.11 Å². The number of aliphatic imine (C=N–C) groups is 4. The van der Waals surface area contributed by atoms with Gasteiger partial charge in [0.25, 0.3) is 0 Å². The predicted octanol–water partition coefficient (Wildman–Crippen LogP) is -0.00890. The Morgan fingerprint density at radius 2 is 2.11 bits per heavy atom. The van der Waals surface area contributed by atoms with Crippen molar-refractivity contribution >= 4 is 35.6 Å². The summed E-state index contributed by atoms with van der Waals surface area (Å²) in [6, 6.07) is 3.84. The Labute approximate surface area is 203 Å². The molecule has 1 aromatic rings. The van der Waals surface area contributed by atoms with Crippen molar-refractivity contribution in [3.05, 3.63) is 17.7 Å². The van der Waals surface area contributed by atoms with Crippen LogP contribution in [0.15, 0.2) is 32.1 Å². The molecule has 186 valence electrons. The van der Waals surface area contributed by atoms with Crippen LogP contribution >= 0.6 is 0 Å². The summed E-state index contributed by atoms with van der Waals surface area (Å²) in [7, 11) is 1.59. The van der Waals surface area contributed by atoms with E-state index in [1.165, 1.54) is 6.21 Å². The SMILES string of the molecule is COc1c(OCCCN2CCOCC2)ccc2c1N=C(NC(=O)C1C=NC(N)=NC1)N1CCN=C21. The minimum atomic E-state index is -0.516. The first-order valence-corrected chi connectivity index (χ1v) is 11.8. The number of hydrogen-bond acceptors (Lipinski definition) is 11. The van der Waals surface area contributed by atoms with Gasteiger partial charge in [-0.15, -0.1) is 0 Å². The Balaban J connectivity index is 1.32. The van der Waals surface area contributed by atoms with Gasteiger partial charge < -0.3 is 19.9 Å². The molecule has 1 amide bonds. The number of methoxy groups -OCH3 is 1. The number of benzene rings is 1. The van der Waals surface area contributed by atoms with Crippen LogP contribution in [-0.4, -0.2) is 106 Å². The van der Waals surface area contributed by atoms with Gasteiger partial charge in [0, 0.05) is 38.0 Å². The maximum atomic E-state index is 12.9. The summed E-state index contributed by atoms with van der Waals surface area (Å²) >= 11 is 0. The quantitative estimate of drug-likeness (QED) is 0.521. The van der Waals surface area contributed by atoms with Gasteiger partial charge in [0.1, 0.15) is 11.5 Å². The monoisotopic (exact) mass is 482 g/mol. The average molecular weight is 483 g/mol. The molecule has 1 atom stereocenters. The molecule has 4 aliphatic rings. The second-order valence-electron chi connectivity index (χ2n) is 8.51. The van der Waals surface area contributed by atoms with E-state index in [2.05, 4.69) is 25.2 Å². The summed E-state index contributed by atoms with van der Waals surface area (Å²) in [6.45, 7) is 6.47. The Morgan fingerprint density at radius 3 is 2.89 bits per heavy atom. The van der Waals surface area contributed by atoms with E-state index in [1.807, 2.05) is 17.0 Å². The molecule has 5 rings (SSSR count). The van der Waals surface area contributed by atoms with Crippen LogP contribution in [0.4, 0.5) is 5.69 Å². The van der Waals surface area contributed by atoms with E-state index in [4.69, 9.17) is 24.9 Å². The molecule has 3 N–H and O–H groups in total. The van der Waals surface area contributed by atoms with Crippen molar-refractivity contribution in [3.8, 4) is 11.5 Å². The number of carbonyl (C=O) groups excluding carboxylic acids is 1. The predicted molar refractivity (Wildman–Crippen MR) is 132 cm³/mol. The highest BCUT2D eigenvalue weighted by atomic mass is 16.5. The smallest absolute Gasteiger partial charge is 0.237 e. The number of nitrogens with two attached hydrogens (primary N) is 1. The highest BCUT2D eigenvalue weighted by Gasteiger charge is 2.34.